The molecule has 5 heteroatoms. The molecule has 1 rings (SSSR count). The molecule has 1 aromatic rings. The van der Waals surface area contributed by atoms with Gasteiger partial charge in [0.05, 0.1) is 10.0 Å². The molecule has 0 radical (unpaired) electrons. The first-order valence-electron chi connectivity index (χ1n) is 3.91. The lowest BCUT2D eigenvalue weighted by atomic mass is 10.3. The summed E-state index contributed by atoms with van der Waals surface area (Å²) >= 11 is 16.3. The van der Waals surface area contributed by atoms with Gasteiger partial charge in [0.1, 0.15) is 16.8 Å². The Kier molecular flexibility index (Phi) is 3.98. The molecular weight excluding hydrogens is 241 g/mol. The van der Waals surface area contributed by atoms with Crippen LogP contribution in [-0.2, 0) is 0 Å². The average molecular weight is 250 g/mol. The highest BCUT2D eigenvalue weighted by molar-refractivity contribution is 7.80. The van der Waals surface area contributed by atoms with Crippen molar-refractivity contribution in [2.45, 2.75) is 13.0 Å². The molecule has 0 bridgehead atoms. The van der Waals surface area contributed by atoms with Crippen LogP contribution in [0.15, 0.2) is 18.2 Å². The maximum absolute atomic E-state index is 5.80. The van der Waals surface area contributed by atoms with Gasteiger partial charge in [-0.25, -0.2) is 0 Å². The Hall–Kier alpha value is -0.510. The largest absolute Gasteiger partial charge is 0.484 e. The van der Waals surface area contributed by atoms with E-state index in [9.17, 15) is 0 Å². The second kappa shape index (κ2) is 4.82. The van der Waals surface area contributed by atoms with E-state index in [0.717, 1.165) is 0 Å². The molecule has 14 heavy (non-hydrogen) atoms. The number of ether oxygens (including phenoxy) is 1. The van der Waals surface area contributed by atoms with Crippen molar-refractivity contribution in [3.8, 4) is 5.75 Å². The molecule has 1 atom stereocenters. The zero-order chi connectivity index (χ0) is 10.7. The van der Waals surface area contributed by atoms with Crippen LogP contribution in [0, 0.1) is 0 Å². The van der Waals surface area contributed by atoms with Gasteiger partial charge in [0.25, 0.3) is 0 Å². The predicted octanol–water partition coefficient (Wildman–Crippen LogP) is 3.05. The number of hydrogen-bond acceptors (Lipinski definition) is 2. The Morgan fingerprint density at radius 3 is 2.57 bits per heavy atom. The van der Waals surface area contributed by atoms with E-state index in [0.29, 0.717) is 20.8 Å². The van der Waals surface area contributed by atoms with Crippen LogP contribution in [0.2, 0.25) is 10.0 Å². The van der Waals surface area contributed by atoms with Crippen LogP contribution in [-0.4, -0.2) is 11.1 Å². The normalized spacial score (nSPS) is 12.2. The average Bonchev–Trinajstić information content (AvgIpc) is 2.11. The molecule has 0 spiro atoms. The van der Waals surface area contributed by atoms with E-state index >= 15 is 0 Å². The first-order valence-corrected chi connectivity index (χ1v) is 5.08. The van der Waals surface area contributed by atoms with E-state index in [1.54, 1.807) is 25.1 Å². The summed E-state index contributed by atoms with van der Waals surface area (Å²) in [6.45, 7) is 1.77. The monoisotopic (exact) mass is 249 g/mol. The molecule has 1 aromatic carbocycles. The van der Waals surface area contributed by atoms with Crippen LogP contribution in [0.5, 0.6) is 5.75 Å². The first-order chi connectivity index (χ1) is 6.50. The lowest BCUT2D eigenvalue weighted by Crippen LogP contribution is -2.28. The van der Waals surface area contributed by atoms with Crippen molar-refractivity contribution in [2.24, 2.45) is 5.73 Å². The molecule has 76 valence electrons. The molecule has 0 aromatic heterocycles. The summed E-state index contributed by atoms with van der Waals surface area (Å²) in [5, 5.41) is 0.932. The summed E-state index contributed by atoms with van der Waals surface area (Å²) in [5.41, 5.74) is 5.40. The van der Waals surface area contributed by atoms with Crippen molar-refractivity contribution in [1.82, 2.24) is 0 Å². The van der Waals surface area contributed by atoms with E-state index in [1.165, 1.54) is 0 Å². The van der Waals surface area contributed by atoms with Gasteiger partial charge in [-0.05, 0) is 19.1 Å². The van der Waals surface area contributed by atoms with E-state index in [2.05, 4.69) is 0 Å². The lowest BCUT2D eigenvalue weighted by molar-refractivity contribution is 0.288. The maximum atomic E-state index is 5.80. The topological polar surface area (TPSA) is 35.2 Å². The summed E-state index contributed by atoms with van der Waals surface area (Å²) in [7, 11) is 0. The highest BCUT2D eigenvalue weighted by Crippen LogP contribution is 2.26. The number of rotatable bonds is 3. The molecule has 0 saturated carbocycles. The van der Waals surface area contributed by atoms with Crippen molar-refractivity contribution in [3.05, 3.63) is 28.2 Å². The lowest BCUT2D eigenvalue weighted by Gasteiger charge is -2.13. The van der Waals surface area contributed by atoms with E-state index in [4.69, 9.17) is 45.9 Å². The second-order valence-electron chi connectivity index (χ2n) is 2.74. The molecule has 0 aliphatic rings. The fraction of sp³-hybridized carbons (Fsp3) is 0.222. The SMILES string of the molecule is CC(Oc1ccc(Cl)c(Cl)c1)C(N)=S. The molecule has 0 amide bonds. The van der Waals surface area contributed by atoms with Crippen LogP contribution in [0.1, 0.15) is 6.92 Å². The molecule has 0 aliphatic carbocycles. The standard InChI is InChI=1S/C9H9Cl2NOS/c1-5(9(12)14)13-6-2-3-7(10)8(11)4-6/h2-5H,1H3,(H2,12,14). The van der Waals surface area contributed by atoms with Crippen LogP contribution in [0.25, 0.3) is 0 Å². The molecule has 1 unspecified atom stereocenters. The number of benzene rings is 1. The molecule has 2 nitrogen and oxygen atoms in total. The van der Waals surface area contributed by atoms with Crippen molar-refractivity contribution < 1.29 is 4.74 Å². The van der Waals surface area contributed by atoms with Gasteiger partial charge < -0.3 is 10.5 Å². The van der Waals surface area contributed by atoms with Gasteiger partial charge in [-0.3, -0.25) is 0 Å². The van der Waals surface area contributed by atoms with Gasteiger partial charge in [-0.15, -0.1) is 0 Å². The van der Waals surface area contributed by atoms with Gasteiger partial charge in [-0.1, -0.05) is 35.4 Å². The van der Waals surface area contributed by atoms with Crippen molar-refractivity contribution in [2.75, 3.05) is 0 Å². The smallest absolute Gasteiger partial charge is 0.145 e. The van der Waals surface area contributed by atoms with E-state index in [1.807, 2.05) is 0 Å². The summed E-state index contributed by atoms with van der Waals surface area (Å²) in [4.78, 5) is 0.302. The third kappa shape index (κ3) is 3.01. The summed E-state index contributed by atoms with van der Waals surface area (Å²) in [6.07, 6.45) is -0.317. The Bertz CT molecular complexity index is 357. The predicted molar refractivity (Wildman–Crippen MR) is 63.3 cm³/mol. The minimum atomic E-state index is -0.317. The molecular formula is C9H9Cl2NOS. The number of hydrogen-bond donors (Lipinski definition) is 1. The van der Waals surface area contributed by atoms with Crippen molar-refractivity contribution in [1.29, 1.82) is 0 Å². The Balaban J connectivity index is 2.78. The summed E-state index contributed by atoms with van der Waals surface area (Å²) in [6, 6.07) is 4.99. The first kappa shape index (κ1) is 11.6. The van der Waals surface area contributed by atoms with Gasteiger partial charge in [0, 0.05) is 6.07 Å². The molecule has 0 fully saturated rings. The van der Waals surface area contributed by atoms with E-state index < -0.39 is 0 Å². The Morgan fingerprint density at radius 1 is 1.43 bits per heavy atom. The fourth-order valence-electron chi connectivity index (χ4n) is 0.812. The maximum Gasteiger partial charge on any atom is 0.145 e. The van der Waals surface area contributed by atoms with Gasteiger partial charge in [-0.2, -0.15) is 0 Å². The molecule has 0 aliphatic heterocycles. The van der Waals surface area contributed by atoms with Crippen LogP contribution < -0.4 is 10.5 Å². The van der Waals surface area contributed by atoms with Crippen LogP contribution in [0.3, 0.4) is 0 Å². The zero-order valence-corrected chi connectivity index (χ0v) is 9.79. The van der Waals surface area contributed by atoms with Crippen LogP contribution in [0.4, 0.5) is 0 Å². The van der Waals surface area contributed by atoms with Crippen molar-refractivity contribution >= 4 is 40.4 Å². The second-order valence-corrected chi connectivity index (χ2v) is 4.02. The Labute approximate surface area is 97.9 Å². The van der Waals surface area contributed by atoms with E-state index in [-0.39, 0.29) is 6.10 Å². The molecule has 0 saturated heterocycles. The number of thiocarbonyl (C=S) groups is 1. The quantitative estimate of drug-likeness (QED) is 0.837. The summed E-state index contributed by atoms with van der Waals surface area (Å²) < 4.78 is 5.40. The number of nitrogens with two attached hydrogens (primary N) is 1. The fourth-order valence-corrected chi connectivity index (χ4v) is 1.15. The third-order valence-corrected chi connectivity index (χ3v) is 2.68. The zero-order valence-electron chi connectivity index (χ0n) is 7.46. The third-order valence-electron chi connectivity index (χ3n) is 1.60. The minimum Gasteiger partial charge on any atom is -0.484 e. The minimum absolute atomic E-state index is 0.302. The molecule has 0 heterocycles. The highest BCUT2D eigenvalue weighted by Gasteiger charge is 2.07. The van der Waals surface area contributed by atoms with Gasteiger partial charge >= 0.3 is 0 Å². The molecule has 2 N–H and O–H groups in total. The van der Waals surface area contributed by atoms with Crippen molar-refractivity contribution in [3.63, 3.8) is 0 Å². The van der Waals surface area contributed by atoms with Gasteiger partial charge in [0.2, 0.25) is 0 Å². The summed E-state index contributed by atoms with van der Waals surface area (Å²) in [5.74, 6) is 0.597. The van der Waals surface area contributed by atoms with Crippen LogP contribution >= 0.6 is 35.4 Å². The van der Waals surface area contributed by atoms with Gasteiger partial charge in [0.15, 0.2) is 0 Å². The Morgan fingerprint density at radius 2 is 2.07 bits per heavy atom. The number of halogens is 2. The highest BCUT2D eigenvalue weighted by atomic mass is 35.5.